The van der Waals surface area contributed by atoms with Gasteiger partial charge in [0.25, 0.3) is 5.56 Å². The van der Waals surface area contributed by atoms with Crippen LogP contribution in [0.2, 0.25) is 0 Å². The Balaban J connectivity index is 2.32. The summed E-state index contributed by atoms with van der Waals surface area (Å²) in [5.41, 5.74) is 2.42. The number of fused-ring (bicyclic) bond motifs is 1. The summed E-state index contributed by atoms with van der Waals surface area (Å²) < 4.78 is 18.5. The molecule has 100 valence electrons. The smallest absolute Gasteiger partial charge is 0.266 e. The zero-order chi connectivity index (χ0) is 14.1. The monoisotopic (exact) mass is 270 g/mol. The van der Waals surface area contributed by atoms with Crippen LogP contribution in [0, 0.1) is 17.1 Å². The van der Waals surface area contributed by atoms with E-state index in [4.69, 9.17) is 4.74 Å². The quantitative estimate of drug-likeness (QED) is 0.863. The number of rotatable bonds is 1. The summed E-state index contributed by atoms with van der Waals surface area (Å²) in [7, 11) is 0. The molecule has 5 heteroatoms. The first-order valence-electron chi connectivity index (χ1n) is 6.22. The summed E-state index contributed by atoms with van der Waals surface area (Å²) in [5, 5.41) is 9.23. The van der Waals surface area contributed by atoms with Crippen molar-refractivity contribution in [3.8, 4) is 17.2 Å². The highest BCUT2D eigenvalue weighted by Gasteiger charge is 2.21. The number of nitrogens with one attached hydrogen (secondary N) is 1. The third-order valence-electron chi connectivity index (χ3n) is 3.40. The van der Waals surface area contributed by atoms with E-state index in [1.807, 2.05) is 6.07 Å². The molecule has 0 fully saturated rings. The summed E-state index contributed by atoms with van der Waals surface area (Å²) in [6, 6.07) is 7.70. The van der Waals surface area contributed by atoms with Gasteiger partial charge in [-0.3, -0.25) is 4.79 Å². The fraction of sp³-hybridized carbons (Fsp3) is 0.200. The topological polar surface area (TPSA) is 65.9 Å². The van der Waals surface area contributed by atoms with Crippen LogP contribution in [-0.4, -0.2) is 11.6 Å². The minimum absolute atomic E-state index is 0.0425. The maximum Gasteiger partial charge on any atom is 0.266 e. The van der Waals surface area contributed by atoms with Crippen molar-refractivity contribution in [2.24, 2.45) is 0 Å². The highest BCUT2D eigenvalue weighted by atomic mass is 19.1. The molecule has 0 aliphatic carbocycles. The number of hydrogen-bond donors (Lipinski definition) is 1. The second-order valence-electron chi connectivity index (χ2n) is 4.58. The van der Waals surface area contributed by atoms with Crippen molar-refractivity contribution in [1.29, 1.82) is 5.26 Å². The van der Waals surface area contributed by atoms with Crippen LogP contribution < -0.4 is 5.56 Å². The van der Waals surface area contributed by atoms with Crippen LogP contribution in [0.25, 0.3) is 11.1 Å². The summed E-state index contributed by atoms with van der Waals surface area (Å²) >= 11 is 0. The Morgan fingerprint density at radius 1 is 1.30 bits per heavy atom. The molecule has 0 saturated carbocycles. The molecule has 1 aromatic heterocycles. The Morgan fingerprint density at radius 2 is 2.05 bits per heavy atom. The zero-order valence-corrected chi connectivity index (χ0v) is 10.6. The van der Waals surface area contributed by atoms with E-state index in [2.05, 4.69) is 4.98 Å². The Morgan fingerprint density at radius 3 is 2.75 bits per heavy atom. The van der Waals surface area contributed by atoms with Gasteiger partial charge in [-0.25, -0.2) is 4.39 Å². The molecule has 4 nitrogen and oxygen atoms in total. The molecule has 0 amide bonds. The summed E-state index contributed by atoms with van der Waals surface area (Å²) in [6.07, 6.45) is 0.602. The van der Waals surface area contributed by atoms with E-state index in [0.717, 1.165) is 11.3 Å². The summed E-state index contributed by atoms with van der Waals surface area (Å²) in [5.74, 6) is -0.359. The van der Waals surface area contributed by atoms with Crippen molar-refractivity contribution in [3.05, 3.63) is 57.3 Å². The van der Waals surface area contributed by atoms with Gasteiger partial charge >= 0.3 is 0 Å². The zero-order valence-electron chi connectivity index (χ0n) is 10.6. The molecule has 0 unspecified atom stereocenters. The van der Waals surface area contributed by atoms with Crippen molar-refractivity contribution in [2.75, 3.05) is 6.61 Å². The minimum Gasteiger partial charge on any atom is -0.376 e. The fourth-order valence-corrected chi connectivity index (χ4v) is 2.45. The molecule has 1 aliphatic rings. The number of aromatic amines is 1. The molecule has 0 atom stereocenters. The van der Waals surface area contributed by atoms with Crippen molar-refractivity contribution in [2.45, 2.75) is 13.0 Å². The van der Waals surface area contributed by atoms with Crippen LogP contribution in [0.15, 0.2) is 29.1 Å². The predicted molar refractivity (Wildman–Crippen MR) is 70.5 cm³/mol. The lowest BCUT2D eigenvalue weighted by Crippen LogP contribution is -2.22. The van der Waals surface area contributed by atoms with E-state index < -0.39 is 5.56 Å². The number of benzene rings is 1. The van der Waals surface area contributed by atoms with E-state index in [-0.39, 0.29) is 11.4 Å². The van der Waals surface area contributed by atoms with E-state index in [1.54, 1.807) is 12.1 Å². The fourth-order valence-electron chi connectivity index (χ4n) is 2.45. The third-order valence-corrected chi connectivity index (χ3v) is 3.40. The van der Waals surface area contributed by atoms with Crippen LogP contribution >= 0.6 is 0 Å². The standard InChI is InChI=1S/C15H11FN2O2/c16-10-3-1-9(2-4-10)14-11(7-17)15(19)18-13-5-6-20-8-12(13)14/h1-4H,5-6,8H2,(H,18,19). The Kier molecular flexibility index (Phi) is 3.09. The predicted octanol–water partition coefficient (Wildman–Crippen LogP) is 2.13. The van der Waals surface area contributed by atoms with Crippen LogP contribution in [0.5, 0.6) is 0 Å². The average Bonchev–Trinajstić information content (AvgIpc) is 2.47. The van der Waals surface area contributed by atoms with Crippen LogP contribution in [0.3, 0.4) is 0 Å². The van der Waals surface area contributed by atoms with Gasteiger partial charge in [-0.1, -0.05) is 12.1 Å². The maximum absolute atomic E-state index is 13.0. The molecule has 0 radical (unpaired) electrons. The molecular weight excluding hydrogens is 259 g/mol. The number of nitriles is 1. The van der Waals surface area contributed by atoms with Gasteiger partial charge in [-0.2, -0.15) is 5.26 Å². The Labute approximate surface area is 114 Å². The van der Waals surface area contributed by atoms with Crippen LogP contribution in [0.4, 0.5) is 4.39 Å². The number of ether oxygens (including phenoxy) is 1. The molecular formula is C15H11FN2O2. The highest BCUT2D eigenvalue weighted by Crippen LogP contribution is 2.30. The largest absolute Gasteiger partial charge is 0.376 e. The van der Waals surface area contributed by atoms with Gasteiger partial charge in [0.1, 0.15) is 17.4 Å². The second kappa shape index (κ2) is 4.91. The molecule has 0 bridgehead atoms. The SMILES string of the molecule is N#Cc1c(-c2ccc(F)cc2)c2c([nH]c1=O)CCOC2. The van der Waals surface area contributed by atoms with Gasteiger partial charge in [0.15, 0.2) is 0 Å². The molecule has 3 rings (SSSR count). The van der Waals surface area contributed by atoms with E-state index in [0.29, 0.717) is 30.8 Å². The third kappa shape index (κ3) is 2.00. The molecule has 1 N–H and O–H groups in total. The van der Waals surface area contributed by atoms with Crippen molar-refractivity contribution >= 4 is 0 Å². The molecule has 0 saturated heterocycles. The molecule has 1 aliphatic heterocycles. The first kappa shape index (κ1) is 12.6. The van der Waals surface area contributed by atoms with Gasteiger partial charge in [0.05, 0.1) is 13.2 Å². The second-order valence-corrected chi connectivity index (χ2v) is 4.58. The lowest BCUT2D eigenvalue weighted by molar-refractivity contribution is 0.109. The molecule has 0 spiro atoms. The molecule has 20 heavy (non-hydrogen) atoms. The van der Waals surface area contributed by atoms with Crippen LogP contribution in [-0.2, 0) is 17.8 Å². The normalized spacial score (nSPS) is 13.6. The van der Waals surface area contributed by atoms with Gasteiger partial charge in [-0.05, 0) is 17.7 Å². The van der Waals surface area contributed by atoms with E-state index in [1.165, 1.54) is 12.1 Å². The first-order valence-corrected chi connectivity index (χ1v) is 6.22. The Hall–Kier alpha value is -2.45. The van der Waals surface area contributed by atoms with E-state index in [9.17, 15) is 14.4 Å². The maximum atomic E-state index is 13.0. The van der Waals surface area contributed by atoms with Crippen molar-refractivity contribution < 1.29 is 9.13 Å². The first-order chi connectivity index (χ1) is 9.70. The highest BCUT2D eigenvalue weighted by molar-refractivity contribution is 5.74. The van der Waals surface area contributed by atoms with Crippen molar-refractivity contribution in [1.82, 2.24) is 4.98 Å². The average molecular weight is 270 g/mol. The van der Waals surface area contributed by atoms with E-state index >= 15 is 0 Å². The van der Waals surface area contributed by atoms with Gasteiger partial charge in [0, 0.05) is 23.2 Å². The molecule has 2 aromatic rings. The Bertz CT molecular complexity index is 757. The van der Waals surface area contributed by atoms with Crippen LogP contribution in [0.1, 0.15) is 16.8 Å². The number of aromatic nitrogens is 1. The number of pyridine rings is 1. The van der Waals surface area contributed by atoms with Gasteiger partial charge in [-0.15, -0.1) is 0 Å². The number of nitrogens with zero attached hydrogens (tertiary/aromatic N) is 1. The minimum atomic E-state index is -0.410. The van der Waals surface area contributed by atoms with Crippen molar-refractivity contribution in [3.63, 3.8) is 0 Å². The number of hydrogen-bond acceptors (Lipinski definition) is 3. The molecule has 2 heterocycles. The molecule has 1 aromatic carbocycles. The number of H-pyrrole nitrogens is 1. The lowest BCUT2D eigenvalue weighted by Gasteiger charge is -2.20. The lowest BCUT2D eigenvalue weighted by atomic mass is 9.93. The summed E-state index contributed by atoms with van der Waals surface area (Å²) in [4.78, 5) is 14.7. The number of halogens is 1. The summed E-state index contributed by atoms with van der Waals surface area (Å²) in [6.45, 7) is 0.880. The van der Waals surface area contributed by atoms with Gasteiger partial charge < -0.3 is 9.72 Å². The van der Waals surface area contributed by atoms with Gasteiger partial charge in [0.2, 0.25) is 0 Å².